The number of carbonyl (C=O) groups is 2. The molecule has 1 rings (SSSR count). The van der Waals surface area contributed by atoms with Crippen molar-refractivity contribution in [2.24, 2.45) is 0 Å². The molecule has 0 saturated carbocycles. The maximum absolute atomic E-state index is 13.5. The lowest BCUT2D eigenvalue weighted by Crippen LogP contribution is -2.17. The van der Waals surface area contributed by atoms with Crippen LogP contribution in [-0.4, -0.2) is 23.6 Å². The van der Waals surface area contributed by atoms with E-state index in [4.69, 9.17) is 11.6 Å². The summed E-state index contributed by atoms with van der Waals surface area (Å²) in [6.45, 7) is 1.83. The van der Waals surface area contributed by atoms with E-state index in [0.717, 1.165) is 6.07 Å². The van der Waals surface area contributed by atoms with Crippen LogP contribution >= 0.6 is 39.3 Å². The molecule has 0 bridgehead atoms. The predicted molar refractivity (Wildman–Crippen MR) is 76.2 cm³/mol. The van der Waals surface area contributed by atoms with E-state index in [1.54, 1.807) is 0 Å². The third-order valence-corrected chi connectivity index (χ3v) is 4.86. The molecule has 0 radical (unpaired) electrons. The molecule has 1 aromatic rings. The summed E-state index contributed by atoms with van der Waals surface area (Å²) in [5.41, 5.74) is -0.216. The first kappa shape index (κ1) is 16.5. The van der Waals surface area contributed by atoms with Crippen LogP contribution in [0, 0.1) is 5.82 Å². The van der Waals surface area contributed by atoms with Crippen LogP contribution in [-0.2, 0) is 9.53 Å². The molecule has 0 heterocycles. The highest BCUT2D eigenvalue weighted by molar-refractivity contribution is 9.10. The Morgan fingerprint density at radius 3 is 2.63 bits per heavy atom. The molecule has 3 nitrogen and oxygen atoms in total. The number of hydrogen-bond donors (Lipinski definition) is 0. The molecule has 104 valence electrons. The van der Waals surface area contributed by atoms with Gasteiger partial charge in [-0.3, -0.25) is 9.59 Å². The molecule has 0 spiro atoms. The first-order chi connectivity index (χ1) is 8.90. The molecule has 19 heavy (non-hydrogen) atoms. The highest BCUT2D eigenvalue weighted by Crippen LogP contribution is 2.34. The van der Waals surface area contributed by atoms with Gasteiger partial charge < -0.3 is 4.74 Å². The summed E-state index contributed by atoms with van der Waals surface area (Å²) in [6, 6.07) is 2.48. The molecule has 0 amide bonds. The Hall–Kier alpha value is -0.590. The Morgan fingerprint density at radius 2 is 2.16 bits per heavy atom. The molecule has 0 saturated heterocycles. The molecule has 0 aliphatic rings. The smallest absolute Gasteiger partial charge is 0.319 e. The van der Waals surface area contributed by atoms with Crippen molar-refractivity contribution >= 4 is 50.5 Å². The summed E-state index contributed by atoms with van der Waals surface area (Å²) in [4.78, 5) is 23.2. The maximum Gasteiger partial charge on any atom is 0.319 e. The number of benzene rings is 1. The molecule has 0 N–H and O–H groups in total. The summed E-state index contributed by atoms with van der Waals surface area (Å²) < 4.78 is 18.6. The molecule has 0 fully saturated rings. The quantitative estimate of drug-likeness (QED) is 0.447. The van der Waals surface area contributed by atoms with Crippen LogP contribution in [0.1, 0.15) is 23.7 Å². The van der Waals surface area contributed by atoms with Crippen molar-refractivity contribution in [2.45, 2.75) is 23.5 Å². The number of thioether (sulfide) groups is 1. The minimum Gasteiger partial charge on any atom is -0.468 e. The van der Waals surface area contributed by atoms with Gasteiger partial charge in [-0.05, 0) is 46.1 Å². The predicted octanol–water partition coefficient (Wildman–Crippen LogP) is 4.01. The van der Waals surface area contributed by atoms with Gasteiger partial charge in [0.2, 0.25) is 0 Å². The van der Waals surface area contributed by atoms with Crippen LogP contribution in [0.3, 0.4) is 0 Å². The van der Waals surface area contributed by atoms with Crippen molar-refractivity contribution in [3.8, 4) is 0 Å². The van der Waals surface area contributed by atoms with Crippen molar-refractivity contribution in [3.63, 3.8) is 0 Å². The molecule has 7 heteroatoms. The second kappa shape index (κ2) is 7.26. The van der Waals surface area contributed by atoms with Gasteiger partial charge in [0.05, 0.1) is 12.7 Å². The molecule has 0 aliphatic heterocycles. The van der Waals surface area contributed by atoms with E-state index in [1.165, 1.54) is 24.9 Å². The van der Waals surface area contributed by atoms with E-state index in [1.807, 2.05) is 6.92 Å². The molecular formula is C12H11BrClFO3S. The number of ether oxygens (including phenoxy) is 1. The maximum atomic E-state index is 13.5. The average Bonchev–Trinajstić information content (AvgIpc) is 2.36. The van der Waals surface area contributed by atoms with Crippen LogP contribution in [0.5, 0.6) is 0 Å². The van der Waals surface area contributed by atoms with Crippen LogP contribution < -0.4 is 0 Å². The van der Waals surface area contributed by atoms with Crippen LogP contribution in [0.25, 0.3) is 0 Å². The van der Waals surface area contributed by atoms with Gasteiger partial charge in [0.15, 0.2) is 0 Å². The summed E-state index contributed by atoms with van der Waals surface area (Å²) >= 11 is 9.68. The van der Waals surface area contributed by atoms with Crippen LogP contribution in [0.4, 0.5) is 4.39 Å². The third kappa shape index (κ3) is 4.19. The molecule has 0 aromatic heterocycles. The van der Waals surface area contributed by atoms with E-state index in [2.05, 4.69) is 20.7 Å². The zero-order valence-corrected chi connectivity index (χ0v) is 13.4. The standard InChI is InChI=1S/C12H11BrClFO3S/c1-3-9(12(17)18-2)19-10-4-6(11(14)16)8(15)5-7(10)13/h4-5,9H,3H2,1-2H3. The topological polar surface area (TPSA) is 43.4 Å². The Balaban J connectivity index is 3.10. The molecular weight excluding hydrogens is 359 g/mol. The second-order valence-corrected chi connectivity index (χ2v) is 6.02. The van der Waals surface area contributed by atoms with Gasteiger partial charge >= 0.3 is 5.97 Å². The molecule has 0 aliphatic carbocycles. The fourth-order valence-electron chi connectivity index (χ4n) is 1.35. The van der Waals surface area contributed by atoms with Crippen molar-refractivity contribution in [3.05, 3.63) is 28.0 Å². The minimum atomic E-state index is -0.877. The lowest BCUT2D eigenvalue weighted by atomic mass is 10.2. The fraction of sp³-hybridized carbons (Fsp3) is 0.333. The highest BCUT2D eigenvalue weighted by Gasteiger charge is 2.21. The number of hydrogen-bond acceptors (Lipinski definition) is 4. The van der Waals surface area contributed by atoms with E-state index >= 15 is 0 Å². The van der Waals surface area contributed by atoms with E-state index < -0.39 is 16.3 Å². The first-order valence-electron chi connectivity index (χ1n) is 5.34. The molecule has 1 aromatic carbocycles. The summed E-state index contributed by atoms with van der Waals surface area (Å²) in [5, 5.41) is -1.30. The fourth-order valence-corrected chi connectivity index (χ4v) is 3.12. The largest absolute Gasteiger partial charge is 0.468 e. The highest BCUT2D eigenvalue weighted by atomic mass is 79.9. The zero-order chi connectivity index (χ0) is 14.6. The monoisotopic (exact) mass is 368 g/mol. The van der Waals surface area contributed by atoms with Gasteiger partial charge in [-0.25, -0.2) is 4.39 Å². The normalized spacial score (nSPS) is 12.1. The molecule has 1 atom stereocenters. The Labute approximate surface area is 128 Å². The summed E-state index contributed by atoms with van der Waals surface area (Å²) in [6.07, 6.45) is 0.547. The van der Waals surface area contributed by atoms with Crippen LogP contribution in [0.15, 0.2) is 21.5 Å². The zero-order valence-electron chi connectivity index (χ0n) is 10.2. The van der Waals surface area contributed by atoms with Gasteiger partial charge in [0.25, 0.3) is 5.24 Å². The van der Waals surface area contributed by atoms with E-state index in [0.29, 0.717) is 15.8 Å². The van der Waals surface area contributed by atoms with Gasteiger partial charge in [-0.1, -0.05) is 6.92 Å². The number of esters is 1. The summed E-state index contributed by atoms with van der Waals surface area (Å²) in [7, 11) is 1.30. The lowest BCUT2D eigenvalue weighted by Gasteiger charge is -2.13. The average molecular weight is 370 g/mol. The van der Waals surface area contributed by atoms with Crippen molar-refractivity contribution in [1.29, 1.82) is 0 Å². The van der Waals surface area contributed by atoms with E-state index in [-0.39, 0.29) is 11.5 Å². The Kier molecular flexibility index (Phi) is 6.29. The van der Waals surface area contributed by atoms with Gasteiger partial charge in [0.1, 0.15) is 11.1 Å². The van der Waals surface area contributed by atoms with Crippen LogP contribution in [0.2, 0.25) is 0 Å². The van der Waals surface area contributed by atoms with Gasteiger partial charge in [0, 0.05) is 9.37 Å². The lowest BCUT2D eigenvalue weighted by molar-refractivity contribution is -0.140. The summed E-state index contributed by atoms with van der Waals surface area (Å²) in [5.74, 6) is -1.08. The van der Waals surface area contributed by atoms with Gasteiger partial charge in [-0.2, -0.15) is 0 Å². The SMILES string of the molecule is CCC(Sc1cc(C(=O)Cl)c(F)cc1Br)C(=O)OC. The molecule has 1 unspecified atom stereocenters. The first-order valence-corrected chi connectivity index (χ1v) is 7.39. The van der Waals surface area contributed by atoms with Crippen molar-refractivity contribution < 1.29 is 18.7 Å². The second-order valence-electron chi connectivity index (χ2n) is 3.57. The minimum absolute atomic E-state index is 0.216. The number of carbonyl (C=O) groups excluding carboxylic acids is 2. The van der Waals surface area contributed by atoms with Gasteiger partial charge in [-0.15, -0.1) is 11.8 Å². The number of methoxy groups -OCH3 is 1. The Bertz CT molecular complexity index is 510. The number of rotatable bonds is 5. The number of halogens is 3. The van der Waals surface area contributed by atoms with E-state index in [9.17, 15) is 14.0 Å². The Morgan fingerprint density at radius 1 is 1.53 bits per heavy atom. The third-order valence-electron chi connectivity index (χ3n) is 2.34. The van der Waals surface area contributed by atoms with Crippen molar-refractivity contribution in [1.82, 2.24) is 0 Å². The van der Waals surface area contributed by atoms with Crippen molar-refractivity contribution in [2.75, 3.05) is 7.11 Å².